The number of thiazole rings is 1. The monoisotopic (exact) mass is 231 g/mol. The summed E-state index contributed by atoms with van der Waals surface area (Å²) < 4.78 is 0. The van der Waals surface area contributed by atoms with E-state index in [1.807, 2.05) is 5.38 Å². The third-order valence-electron chi connectivity index (χ3n) is 1.61. The summed E-state index contributed by atoms with van der Waals surface area (Å²) in [4.78, 5) is 5.51. The standard InChI is InChI=1S/C8H6ClNOS2/c9-5-1-2-12-8(5)7(11)6-3-10-4-13-6/h1-4,7,11H. The second kappa shape index (κ2) is 3.75. The van der Waals surface area contributed by atoms with Crippen LogP contribution in [0, 0.1) is 0 Å². The summed E-state index contributed by atoms with van der Waals surface area (Å²) in [7, 11) is 0. The minimum Gasteiger partial charge on any atom is -0.382 e. The molecule has 2 heterocycles. The third kappa shape index (κ3) is 1.76. The zero-order valence-corrected chi connectivity index (χ0v) is 8.86. The molecule has 0 saturated heterocycles. The van der Waals surface area contributed by atoms with Gasteiger partial charge in [-0.2, -0.15) is 0 Å². The van der Waals surface area contributed by atoms with Crippen molar-refractivity contribution in [2.24, 2.45) is 0 Å². The van der Waals surface area contributed by atoms with Gasteiger partial charge in [-0.25, -0.2) is 0 Å². The molecule has 0 fully saturated rings. The molecular weight excluding hydrogens is 226 g/mol. The molecule has 13 heavy (non-hydrogen) atoms. The van der Waals surface area contributed by atoms with Crippen LogP contribution in [0.4, 0.5) is 0 Å². The molecule has 0 bridgehead atoms. The van der Waals surface area contributed by atoms with Gasteiger partial charge in [0.15, 0.2) is 0 Å². The molecule has 0 spiro atoms. The smallest absolute Gasteiger partial charge is 0.125 e. The maximum absolute atomic E-state index is 9.85. The first kappa shape index (κ1) is 9.15. The van der Waals surface area contributed by atoms with Crippen LogP contribution in [0.5, 0.6) is 0 Å². The van der Waals surface area contributed by atoms with E-state index in [-0.39, 0.29) is 0 Å². The summed E-state index contributed by atoms with van der Waals surface area (Å²) >= 11 is 8.76. The molecule has 2 nitrogen and oxygen atoms in total. The SMILES string of the molecule is OC(c1cncs1)c1sccc1Cl. The van der Waals surface area contributed by atoms with E-state index in [9.17, 15) is 5.11 Å². The van der Waals surface area contributed by atoms with E-state index in [4.69, 9.17) is 11.6 Å². The van der Waals surface area contributed by atoms with Crippen molar-refractivity contribution >= 4 is 34.3 Å². The van der Waals surface area contributed by atoms with Gasteiger partial charge in [0.25, 0.3) is 0 Å². The number of aromatic nitrogens is 1. The maximum Gasteiger partial charge on any atom is 0.125 e. The second-order valence-corrected chi connectivity index (χ2v) is 4.71. The fraction of sp³-hybridized carbons (Fsp3) is 0.125. The fourth-order valence-electron chi connectivity index (χ4n) is 0.990. The van der Waals surface area contributed by atoms with Gasteiger partial charge in [0.05, 0.1) is 20.3 Å². The summed E-state index contributed by atoms with van der Waals surface area (Å²) in [5.41, 5.74) is 1.69. The van der Waals surface area contributed by atoms with Gasteiger partial charge in [0, 0.05) is 6.20 Å². The Balaban J connectivity index is 2.33. The van der Waals surface area contributed by atoms with E-state index in [2.05, 4.69) is 4.98 Å². The number of nitrogens with zero attached hydrogens (tertiary/aromatic N) is 1. The Morgan fingerprint density at radius 3 is 2.85 bits per heavy atom. The summed E-state index contributed by atoms with van der Waals surface area (Å²) in [5.74, 6) is 0. The Morgan fingerprint density at radius 2 is 2.31 bits per heavy atom. The Bertz CT molecular complexity index is 385. The summed E-state index contributed by atoms with van der Waals surface area (Å²) in [5, 5.41) is 12.3. The van der Waals surface area contributed by atoms with Crippen molar-refractivity contribution in [2.45, 2.75) is 6.10 Å². The van der Waals surface area contributed by atoms with Gasteiger partial charge in [-0.1, -0.05) is 11.6 Å². The van der Waals surface area contributed by atoms with E-state index in [0.717, 1.165) is 9.75 Å². The van der Waals surface area contributed by atoms with Crippen molar-refractivity contribution in [2.75, 3.05) is 0 Å². The minimum atomic E-state index is -0.625. The van der Waals surface area contributed by atoms with Crippen LogP contribution < -0.4 is 0 Å². The fourth-order valence-corrected chi connectivity index (χ4v) is 2.84. The first-order chi connectivity index (χ1) is 6.29. The first-order valence-corrected chi connectivity index (χ1v) is 5.72. The Kier molecular flexibility index (Phi) is 2.64. The molecule has 0 saturated carbocycles. The molecule has 5 heteroatoms. The normalized spacial score (nSPS) is 13.1. The first-order valence-electron chi connectivity index (χ1n) is 3.58. The summed E-state index contributed by atoms with van der Waals surface area (Å²) in [6.45, 7) is 0. The van der Waals surface area contributed by atoms with Crippen molar-refractivity contribution in [3.63, 3.8) is 0 Å². The van der Waals surface area contributed by atoms with Crippen LogP contribution in [0.25, 0.3) is 0 Å². The van der Waals surface area contributed by atoms with Gasteiger partial charge in [-0.15, -0.1) is 22.7 Å². The van der Waals surface area contributed by atoms with E-state index < -0.39 is 6.10 Å². The van der Waals surface area contributed by atoms with Gasteiger partial charge in [0.2, 0.25) is 0 Å². The van der Waals surface area contributed by atoms with Crippen molar-refractivity contribution < 1.29 is 5.11 Å². The zero-order chi connectivity index (χ0) is 9.26. The topological polar surface area (TPSA) is 33.1 Å². The number of aliphatic hydroxyl groups excluding tert-OH is 1. The molecule has 2 rings (SSSR count). The lowest BCUT2D eigenvalue weighted by Crippen LogP contribution is -1.93. The highest BCUT2D eigenvalue weighted by molar-refractivity contribution is 7.11. The highest BCUT2D eigenvalue weighted by Gasteiger charge is 2.16. The average Bonchev–Trinajstić information content (AvgIpc) is 2.72. The molecule has 2 aromatic rings. The number of thiophene rings is 1. The van der Waals surface area contributed by atoms with Gasteiger partial charge in [-0.05, 0) is 11.4 Å². The van der Waals surface area contributed by atoms with E-state index in [1.54, 1.807) is 17.8 Å². The van der Waals surface area contributed by atoms with E-state index >= 15 is 0 Å². The lowest BCUT2D eigenvalue weighted by Gasteiger charge is -2.04. The van der Waals surface area contributed by atoms with Crippen molar-refractivity contribution in [1.29, 1.82) is 0 Å². The van der Waals surface area contributed by atoms with Crippen LogP contribution in [-0.4, -0.2) is 10.1 Å². The molecule has 1 atom stereocenters. The predicted octanol–water partition coefficient (Wildman–Crippen LogP) is 2.94. The predicted molar refractivity (Wildman–Crippen MR) is 55.5 cm³/mol. The number of hydrogen-bond donors (Lipinski definition) is 1. The van der Waals surface area contributed by atoms with E-state index in [1.165, 1.54) is 22.7 Å². The van der Waals surface area contributed by atoms with Crippen molar-refractivity contribution in [3.05, 3.63) is 37.9 Å². The maximum atomic E-state index is 9.85. The van der Waals surface area contributed by atoms with Crippen LogP contribution in [-0.2, 0) is 0 Å². The molecule has 68 valence electrons. The second-order valence-electron chi connectivity index (χ2n) is 2.44. The van der Waals surface area contributed by atoms with E-state index in [0.29, 0.717) is 5.02 Å². The number of rotatable bonds is 2. The van der Waals surface area contributed by atoms with Crippen LogP contribution >= 0.6 is 34.3 Å². The van der Waals surface area contributed by atoms with Gasteiger partial charge >= 0.3 is 0 Å². The molecule has 1 N–H and O–H groups in total. The van der Waals surface area contributed by atoms with Gasteiger partial charge < -0.3 is 5.11 Å². The molecule has 1 unspecified atom stereocenters. The van der Waals surface area contributed by atoms with Crippen LogP contribution in [0.2, 0.25) is 5.02 Å². The molecule has 0 aliphatic rings. The molecule has 0 aliphatic heterocycles. The lowest BCUT2D eigenvalue weighted by atomic mass is 10.2. The lowest BCUT2D eigenvalue weighted by molar-refractivity contribution is 0.228. The Labute approximate surface area is 88.5 Å². The highest BCUT2D eigenvalue weighted by atomic mass is 35.5. The molecule has 0 aliphatic carbocycles. The van der Waals surface area contributed by atoms with Crippen LogP contribution in [0.1, 0.15) is 15.9 Å². The van der Waals surface area contributed by atoms with Crippen molar-refractivity contribution in [3.8, 4) is 0 Å². The molecular formula is C8H6ClNOS2. The number of hydrogen-bond acceptors (Lipinski definition) is 4. The van der Waals surface area contributed by atoms with Crippen molar-refractivity contribution in [1.82, 2.24) is 4.98 Å². The third-order valence-corrected chi connectivity index (χ3v) is 3.85. The largest absolute Gasteiger partial charge is 0.382 e. The molecule has 2 aromatic heterocycles. The Hall–Kier alpha value is -0.420. The van der Waals surface area contributed by atoms with Gasteiger partial charge in [0.1, 0.15) is 6.10 Å². The number of halogens is 1. The Morgan fingerprint density at radius 1 is 1.46 bits per heavy atom. The van der Waals surface area contributed by atoms with Crippen LogP contribution in [0.3, 0.4) is 0 Å². The molecule has 0 radical (unpaired) electrons. The zero-order valence-electron chi connectivity index (χ0n) is 6.48. The molecule has 0 amide bonds. The van der Waals surface area contributed by atoms with Gasteiger partial charge in [-0.3, -0.25) is 4.98 Å². The summed E-state index contributed by atoms with van der Waals surface area (Å²) in [6, 6.07) is 1.78. The summed E-state index contributed by atoms with van der Waals surface area (Å²) in [6.07, 6.45) is 1.03. The average molecular weight is 232 g/mol. The minimum absolute atomic E-state index is 0.617. The number of aliphatic hydroxyl groups is 1. The quantitative estimate of drug-likeness (QED) is 0.862. The highest BCUT2D eigenvalue weighted by Crippen LogP contribution is 2.33. The van der Waals surface area contributed by atoms with Crippen LogP contribution in [0.15, 0.2) is 23.2 Å². The molecule has 0 aromatic carbocycles.